The number of fused-ring (bicyclic) bond motifs is 4. The Balaban J connectivity index is 1.68. The summed E-state index contributed by atoms with van der Waals surface area (Å²) in [5.74, 6) is -1.35. The van der Waals surface area contributed by atoms with Gasteiger partial charge in [-0.2, -0.15) is 26.3 Å². The maximum atomic E-state index is 14.0. The predicted molar refractivity (Wildman–Crippen MR) is 143 cm³/mol. The molecule has 0 radical (unpaired) electrons. The Morgan fingerprint density at radius 2 is 1.15 bits per heavy atom. The van der Waals surface area contributed by atoms with Crippen molar-refractivity contribution in [2.45, 2.75) is 33.1 Å². The third-order valence-electron chi connectivity index (χ3n) is 7.41. The number of carbonyl (C=O) groups excluding carboxylic acids is 2. The first kappa shape index (κ1) is 26.6. The summed E-state index contributed by atoms with van der Waals surface area (Å²) in [5.41, 5.74) is 0.421. The van der Waals surface area contributed by atoms with Gasteiger partial charge in [0.2, 0.25) is 0 Å². The highest BCUT2D eigenvalue weighted by molar-refractivity contribution is 6.36. The SMILES string of the molecule is Cc1cc(C)c(N2C(=O)c3cccc(-n4c5cc(C(F)(F)F)ccc5c5ccc(C(F)(F)F)cc54)c3C2=O)c(C)c1. The highest BCUT2D eigenvalue weighted by Crippen LogP contribution is 2.42. The molecule has 0 bridgehead atoms. The van der Waals surface area contributed by atoms with Crippen LogP contribution in [0.15, 0.2) is 66.7 Å². The molecule has 6 rings (SSSR count). The van der Waals surface area contributed by atoms with E-state index >= 15 is 0 Å². The Hall–Kier alpha value is -4.60. The van der Waals surface area contributed by atoms with Crippen molar-refractivity contribution in [2.75, 3.05) is 4.90 Å². The largest absolute Gasteiger partial charge is 0.416 e. The number of carbonyl (C=O) groups is 2. The van der Waals surface area contributed by atoms with Crippen molar-refractivity contribution in [1.82, 2.24) is 4.57 Å². The van der Waals surface area contributed by atoms with Gasteiger partial charge in [0.25, 0.3) is 11.8 Å². The van der Waals surface area contributed by atoms with E-state index in [1.54, 1.807) is 13.8 Å². The summed E-state index contributed by atoms with van der Waals surface area (Å²) in [7, 11) is 0. The van der Waals surface area contributed by atoms with E-state index in [2.05, 4.69) is 0 Å². The number of benzene rings is 4. The molecule has 0 saturated heterocycles. The molecule has 41 heavy (non-hydrogen) atoms. The van der Waals surface area contributed by atoms with Gasteiger partial charge >= 0.3 is 12.4 Å². The molecule has 0 N–H and O–H groups in total. The molecule has 2 amide bonds. The minimum Gasteiger partial charge on any atom is -0.308 e. The molecule has 0 unspecified atom stereocenters. The molecule has 208 valence electrons. The molecule has 2 heterocycles. The number of hydrogen-bond acceptors (Lipinski definition) is 2. The molecule has 0 aliphatic carbocycles. The summed E-state index contributed by atoms with van der Waals surface area (Å²) in [6, 6.07) is 13.7. The normalized spacial score (nSPS) is 14.0. The van der Waals surface area contributed by atoms with Gasteiger partial charge in [-0.15, -0.1) is 0 Å². The lowest BCUT2D eigenvalue weighted by Crippen LogP contribution is -2.31. The van der Waals surface area contributed by atoms with Gasteiger partial charge in [-0.25, -0.2) is 4.90 Å². The second kappa shape index (κ2) is 8.70. The first-order chi connectivity index (χ1) is 19.2. The van der Waals surface area contributed by atoms with E-state index in [0.29, 0.717) is 16.8 Å². The molecule has 1 aromatic heterocycles. The minimum atomic E-state index is -4.73. The van der Waals surface area contributed by atoms with Crippen LogP contribution in [-0.4, -0.2) is 16.4 Å². The summed E-state index contributed by atoms with van der Waals surface area (Å²) in [4.78, 5) is 28.6. The zero-order valence-corrected chi connectivity index (χ0v) is 21.8. The van der Waals surface area contributed by atoms with Crippen molar-refractivity contribution in [2.24, 2.45) is 0 Å². The van der Waals surface area contributed by atoms with Crippen LogP contribution in [-0.2, 0) is 12.4 Å². The minimum absolute atomic E-state index is 0.000766. The summed E-state index contributed by atoms with van der Waals surface area (Å²) in [6.45, 7) is 5.38. The van der Waals surface area contributed by atoms with Gasteiger partial charge < -0.3 is 4.57 Å². The lowest BCUT2D eigenvalue weighted by atomic mass is 10.0. The number of aryl methyl sites for hydroxylation is 3. The number of imide groups is 1. The molecule has 10 heteroatoms. The maximum absolute atomic E-state index is 14.0. The molecule has 1 aliphatic heterocycles. The zero-order valence-electron chi connectivity index (χ0n) is 21.8. The van der Waals surface area contributed by atoms with Gasteiger partial charge in [0, 0.05) is 10.8 Å². The molecule has 4 nitrogen and oxygen atoms in total. The lowest BCUT2D eigenvalue weighted by Gasteiger charge is -2.20. The van der Waals surface area contributed by atoms with Gasteiger partial charge in [-0.3, -0.25) is 9.59 Å². The van der Waals surface area contributed by atoms with Crippen molar-refractivity contribution in [3.63, 3.8) is 0 Å². The Kier molecular flexibility index (Phi) is 5.65. The molecule has 1 aliphatic rings. The van der Waals surface area contributed by atoms with Gasteiger partial charge in [0.1, 0.15) is 0 Å². The Labute approximate surface area is 229 Å². The van der Waals surface area contributed by atoms with Crippen LogP contribution in [0.25, 0.3) is 27.5 Å². The quantitative estimate of drug-likeness (QED) is 0.159. The molecule has 0 saturated carbocycles. The maximum Gasteiger partial charge on any atom is 0.416 e. The van der Waals surface area contributed by atoms with Crippen LogP contribution < -0.4 is 4.90 Å². The van der Waals surface area contributed by atoms with Gasteiger partial charge in [0.15, 0.2) is 0 Å². The highest BCUT2D eigenvalue weighted by atomic mass is 19.4. The van der Waals surface area contributed by atoms with Crippen molar-refractivity contribution in [3.8, 4) is 5.69 Å². The summed E-state index contributed by atoms with van der Waals surface area (Å²) in [6.07, 6.45) is -9.46. The van der Waals surface area contributed by atoms with E-state index in [1.807, 2.05) is 19.1 Å². The van der Waals surface area contributed by atoms with E-state index < -0.39 is 35.3 Å². The number of halogens is 6. The van der Waals surface area contributed by atoms with Gasteiger partial charge in [0.05, 0.1) is 44.7 Å². The number of alkyl halides is 6. The number of aromatic nitrogens is 1. The van der Waals surface area contributed by atoms with Crippen LogP contribution in [0.1, 0.15) is 48.5 Å². The smallest absolute Gasteiger partial charge is 0.308 e. The Morgan fingerprint density at radius 3 is 1.63 bits per heavy atom. The lowest BCUT2D eigenvalue weighted by molar-refractivity contribution is -0.138. The van der Waals surface area contributed by atoms with Crippen molar-refractivity contribution in [3.05, 3.63) is 106 Å². The van der Waals surface area contributed by atoms with E-state index in [-0.39, 0.29) is 38.6 Å². The topological polar surface area (TPSA) is 42.3 Å². The number of hydrogen-bond donors (Lipinski definition) is 0. The first-order valence-corrected chi connectivity index (χ1v) is 12.5. The average molecular weight is 567 g/mol. The molecule has 4 aromatic carbocycles. The average Bonchev–Trinajstić information content (AvgIpc) is 3.33. The number of rotatable bonds is 2. The fourth-order valence-electron chi connectivity index (χ4n) is 5.81. The second-order valence-electron chi connectivity index (χ2n) is 10.2. The van der Waals surface area contributed by atoms with Crippen molar-refractivity contribution >= 4 is 39.3 Å². The molecular formula is C31H20F6N2O2. The third-order valence-corrected chi connectivity index (χ3v) is 7.41. The number of nitrogens with zero attached hydrogens (tertiary/aromatic N) is 2. The van der Waals surface area contributed by atoms with Crippen LogP contribution in [0.2, 0.25) is 0 Å². The highest BCUT2D eigenvalue weighted by Gasteiger charge is 2.41. The predicted octanol–water partition coefficient (Wildman–Crippen LogP) is 8.55. The Bertz CT molecular complexity index is 1850. The summed E-state index contributed by atoms with van der Waals surface area (Å²) < 4.78 is 83.6. The summed E-state index contributed by atoms with van der Waals surface area (Å²) >= 11 is 0. The number of amides is 2. The van der Waals surface area contributed by atoms with E-state index in [4.69, 9.17) is 0 Å². The fourth-order valence-corrected chi connectivity index (χ4v) is 5.81. The van der Waals surface area contributed by atoms with Crippen molar-refractivity contribution < 1.29 is 35.9 Å². The molecule has 0 fully saturated rings. The van der Waals surface area contributed by atoms with Gasteiger partial charge in [-0.05, 0) is 68.3 Å². The third kappa shape index (κ3) is 4.00. The number of anilines is 1. The van der Waals surface area contributed by atoms with Crippen LogP contribution in [0.5, 0.6) is 0 Å². The summed E-state index contributed by atoms with van der Waals surface area (Å²) in [5, 5.41) is 0.524. The van der Waals surface area contributed by atoms with E-state index in [1.165, 1.54) is 34.9 Å². The van der Waals surface area contributed by atoms with Gasteiger partial charge in [-0.1, -0.05) is 35.9 Å². The van der Waals surface area contributed by atoms with Crippen molar-refractivity contribution in [1.29, 1.82) is 0 Å². The monoisotopic (exact) mass is 566 g/mol. The van der Waals surface area contributed by atoms with E-state index in [0.717, 1.165) is 34.7 Å². The standard InChI is InChI=1S/C31H20F6N2O2/c1-15-11-16(2)27(17(3)12-15)39-28(40)22-5-4-6-23(26(22)29(39)41)38-24-13-18(30(32,33)34)7-9-20(24)21-10-8-19(14-25(21)38)31(35,36)37/h4-14H,1-3H3. The second-order valence-corrected chi connectivity index (χ2v) is 10.2. The van der Waals surface area contributed by atoms with Crippen LogP contribution in [0.4, 0.5) is 32.0 Å². The molecule has 5 aromatic rings. The van der Waals surface area contributed by atoms with E-state index in [9.17, 15) is 35.9 Å². The zero-order chi connectivity index (χ0) is 29.6. The Morgan fingerprint density at radius 1 is 0.634 bits per heavy atom. The fraction of sp³-hybridized carbons (Fsp3) is 0.161. The van der Waals surface area contributed by atoms with Crippen LogP contribution in [0, 0.1) is 20.8 Å². The van der Waals surface area contributed by atoms with Crippen LogP contribution in [0.3, 0.4) is 0 Å². The first-order valence-electron chi connectivity index (χ1n) is 12.5. The molecule has 0 atom stereocenters. The molecular weight excluding hydrogens is 546 g/mol. The molecule has 0 spiro atoms. The van der Waals surface area contributed by atoms with Crippen LogP contribution >= 0.6 is 0 Å².